The van der Waals surface area contributed by atoms with E-state index in [2.05, 4.69) is 17.2 Å². The van der Waals surface area contributed by atoms with E-state index in [4.69, 9.17) is 0 Å². The summed E-state index contributed by atoms with van der Waals surface area (Å²) in [5.74, 6) is 0.0150. The second-order valence-corrected chi connectivity index (χ2v) is 3.66. The topological polar surface area (TPSA) is 41.1 Å². The molecule has 0 saturated heterocycles. The van der Waals surface area contributed by atoms with Crippen molar-refractivity contribution < 1.29 is 4.79 Å². The normalized spacial score (nSPS) is 18.5. The van der Waals surface area contributed by atoms with Gasteiger partial charge in [0.1, 0.15) is 6.04 Å². The van der Waals surface area contributed by atoms with E-state index in [9.17, 15) is 4.79 Å². The summed E-state index contributed by atoms with van der Waals surface area (Å²) in [6, 6.07) is 5.70. The van der Waals surface area contributed by atoms with Crippen molar-refractivity contribution in [2.45, 2.75) is 13.0 Å². The number of carbonyl (C=O) groups excluding carboxylic acids is 1. The van der Waals surface area contributed by atoms with Gasteiger partial charge in [0.25, 0.3) is 0 Å². The van der Waals surface area contributed by atoms with Gasteiger partial charge in [-0.2, -0.15) is 0 Å². The monoisotopic (exact) mass is 202 g/mol. The molecule has 0 fully saturated rings. The minimum atomic E-state index is -0.238. The fourth-order valence-corrected chi connectivity index (χ4v) is 1.84. The molecule has 0 aliphatic carbocycles. The van der Waals surface area contributed by atoms with Crippen LogP contribution in [0, 0.1) is 6.92 Å². The van der Waals surface area contributed by atoms with Crippen LogP contribution in [-0.2, 0) is 4.79 Å². The van der Waals surface area contributed by atoms with Crippen molar-refractivity contribution in [3.8, 4) is 0 Å². The molecule has 0 bridgehead atoms. The number of benzene rings is 1. The Morgan fingerprint density at radius 1 is 1.60 bits per heavy atom. The first kappa shape index (κ1) is 9.93. The molecule has 0 aromatic heterocycles. The smallest absolute Gasteiger partial charge is 0.246 e. The highest BCUT2D eigenvalue weighted by molar-refractivity contribution is 6.03. The van der Waals surface area contributed by atoms with Crippen LogP contribution in [0.1, 0.15) is 17.2 Å². The Morgan fingerprint density at radius 2 is 2.40 bits per heavy atom. The minimum absolute atomic E-state index is 0.0150. The molecule has 1 aromatic rings. The highest BCUT2D eigenvalue weighted by Crippen LogP contribution is 2.32. The van der Waals surface area contributed by atoms with E-state index in [1.54, 1.807) is 6.08 Å². The molecule has 2 rings (SSSR count). The Balaban J connectivity index is 2.33. The maximum atomic E-state index is 11.7. The Kier molecular flexibility index (Phi) is 2.56. The lowest BCUT2D eigenvalue weighted by molar-refractivity contribution is -0.117. The summed E-state index contributed by atoms with van der Waals surface area (Å²) in [4.78, 5) is 11.7. The first-order valence-corrected chi connectivity index (χ1v) is 4.98. The lowest BCUT2D eigenvalue weighted by Gasteiger charge is -2.09. The summed E-state index contributed by atoms with van der Waals surface area (Å²) in [5.41, 5.74) is 3.08. The molecule has 15 heavy (non-hydrogen) atoms. The van der Waals surface area contributed by atoms with Crippen molar-refractivity contribution in [3.63, 3.8) is 0 Å². The van der Waals surface area contributed by atoms with Gasteiger partial charge in [-0.1, -0.05) is 24.3 Å². The second-order valence-electron chi connectivity index (χ2n) is 3.66. The molecule has 1 aliphatic heterocycles. The third-order valence-corrected chi connectivity index (χ3v) is 2.59. The number of para-hydroxylation sites is 1. The summed E-state index contributed by atoms with van der Waals surface area (Å²) in [6.07, 6.45) is 1.75. The van der Waals surface area contributed by atoms with E-state index < -0.39 is 0 Å². The molecule has 78 valence electrons. The van der Waals surface area contributed by atoms with E-state index in [0.29, 0.717) is 6.54 Å². The van der Waals surface area contributed by atoms with E-state index in [0.717, 1.165) is 16.8 Å². The van der Waals surface area contributed by atoms with Crippen LogP contribution in [0.5, 0.6) is 0 Å². The number of rotatable bonds is 3. The van der Waals surface area contributed by atoms with Gasteiger partial charge in [0.05, 0.1) is 0 Å². The molecule has 3 nitrogen and oxygen atoms in total. The maximum Gasteiger partial charge on any atom is 0.246 e. The largest absolute Gasteiger partial charge is 0.324 e. The minimum Gasteiger partial charge on any atom is -0.324 e. The highest BCUT2D eigenvalue weighted by Gasteiger charge is 2.30. The van der Waals surface area contributed by atoms with Crippen LogP contribution in [0.25, 0.3) is 0 Å². The molecular weight excluding hydrogens is 188 g/mol. The number of fused-ring (bicyclic) bond motifs is 1. The van der Waals surface area contributed by atoms with E-state index in [1.165, 1.54) is 0 Å². The SMILES string of the molecule is C=CCNC1C(=O)Nc2c(C)cccc21. The Morgan fingerprint density at radius 3 is 3.13 bits per heavy atom. The number of aryl methyl sites for hydroxylation is 1. The van der Waals surface area contributed by atoms with Crippen LogP contribution in [0.2, 0.25) is 0 Å². The van der Waals surface area contributed by atoms with Crippen LogP contribution >= 0.6 is 0 Å². The number of anilines is 1. The van der Waals surface area contributed by atoms with Crippen LogP contribution in [0.4, 0.5) is 5.69 Å². The average Bonchev–Trinajstić information content (AvgIpc) is 2.54. The fraction of sp³-hybridized carbons (Fsp3) is 0.250. The highest BCUT2D eigenvalue weighted by atomic mass is 16.2. The van der Waals surface area contributed by atoms with Gasteiger partial charge in [0.15, 0.2) is 0 Å². The zero-order chi connectivity index (χ0) is 10.8. The summed E-state index contributed by atoms with van der Waals surface area (Å²) in [6.45, 7) is 6.25. The molecule has 0 saturated carbocycles. The number of amides is 1. The number of carbonyl (C=O) groups is 1. The Bertz CT molecular complexity index is 412. The average molecular weight is 202 g/mol. The third kappa shape index (κ3) is 1.66. The summed E-state index contributed by atoms with van der Waals surface area (Å²) >= 11 is 0. The van der Waals surface area contributed by atoms with E-state index in [-0.39, 0.29) is 11.9 Å². The van der Waals surface area contributed by atoms with Crippen molar-refractivity contribution in [2.24, 2.45) is 0 Å². The lowest BCUT2D eigenvalue weighted by Crippen LogP contribution is -2.27. The van der Waals surface area contributed by atoms with Crippen LogP contribution in [0.15, 0.2) is 30.9 Å². The predicted molar refractivity (Wildman–Crippen MR) is 60.7 cm³/mol. The molecule has 1 aliphatic rings. The van der Waals surface area contributed by atoms with Gasteiger partial charge in [0.2, 0.25) is 5.91 Å². The van der Waals surface area contributed by atoms with Crippen LogP contribution in [-0.4, -0.2) is 12.5 Å². The third-order valence-electron chi connectivity index (χ3n) is 2.59. The van der Waals surface area contributed by atoms with Gasteiger partial charge in [-0.25, -0.2) is 0 Å². The molecule has 1 heterocycles. The number of hydrogen-bond donors (Lipinski definition) is 2. The second kappa shape index (κ2) is 3.87. The van der Waals surface area contributed by atoms with Crippen molar-refractivity contribution in [1.82, 2.24) is 5.32 Å². The maximum absolute atomic E-state index is 11.7. The molecule has 1 aromatic carbocycles. The van der Waals surface area contributed by atoms with Gasteiger partial charge in [-0.15, -0.1) is 6.58 Å². The van der Waals surface area contributed by atoms with Crippen LogP contribution in [0.3, 0.4) is 0 Å². The first-order valence-electron chi connectivity index (χ1n) is 4.98. The molecule has 2 N–H and O–H groups in total. The van der Waals surface area contributed by atoms with Gasteiger partial charge < -0.3 is 5.32 Å². The molecule has 3 heteroatoms. The Hall–Kier alpha value is -1.61. The predicted octanol–water partition coefficient (Wildman–Crippen LogP) is 1.76. The molecule has 1 amide bonds. The van der Waals surface area contributed by atoms with Gasteiger partial charge in [-0.3, -0.25) is 10.1 Å². The van der Waals surface area contributed by atoms with Crippen molar-refractivity contribution in [3.05, 3.63) is 42.0 Å². The fourth-order valence-electron chi connectivity index (χ4n) is 1.84. The Labute approximate surface area is 89.2 Å². The first-order chi connectivity index (χ1) is 7.24. The molecular formula is C12H14N2O. The molecule has 1 atom stereocenters. The summed E-state index contributed by atoms with van der Waals surface area (Å²) < 4.78 is 0. The molecule has 1 unspecified atom stereocenters. The van der Waals surface area contributed by atoms with Crippen molar-refractivity contribution >= 4 is 11.6 Å². The van der Waals surface area contributed by atoms with Gasteiger partial charge >= 0.3 is 0 Å². The van der Waals surface area contributed by atoms with E-state index in [1.807, 2.05) is 25.1 Å². The number of nitrogens with one attached hydrogen (secondary N) is 2. The van der Waals surface area contributed by atoms with Crippen LogP contribution < -0.4 is 10.6 Å². The van der Waals surface area contributed by atoms with Gasteiger partial charge in [-0.05, 0) is 12.5 Å². The van der Waals surface area contributed by atoms with Crippen molar-refractivity contribution in [2.75, 3.05) is 11.9 Å². The van der Waals surface area contributed by atoms with E-state index >= 15 is 0 Å². The quantitative estimate of drug-likeness (QED) is 0.733. The number of hydrogen-bond acceptors (Lipinski definition) is 2. The zero-order valence-corrected chi connectivity index (χ0v) is 8.71. The standard InChI is InChI=1S/C12H14N2O/c1-3-7-13-11-9-6-4-5-8(2)10(9)14-12(11)15/h3-6,11,13H,1,7H2,2H3,(H,14,15). The summed E-state index contributed by atoms with van der Waals surface area (Å²) in [7, 11) is 0. The lowest BCUT2D eigenvalue weighted by atomic mass is 10.1. The van der Waals surface area contributed by atoms with Gasteiger partial charge in [0, 0.05) is 17.8 Å². The van der Waals surface area contributed by atoms with Crippen molar-refractivity contribution in [1.29, 1.82) is 0 Å². The summed E-state index contributed by atoms with van der Waals surface area (Å²) in [5, 5.41) is 6.02. The molecule has 0 spiro atoms. The zero-order valence-electron chi connectivity index (χ0n) is 8.71. The molecule has 0 radical (unpaired) electrons.